The third-order valence-electron chi connectivity index (χ3n) is 6.24. The van der Waals surface area contributed by atoms with Crippen LogP contribution in [0.1, 0.15) is 35.7 Å². The predicted molar refractivity (Wildman–Crippen MR) is 107 cm³/mol. The third kappa shape index (κ3) is 2.64. The van der Waals surface area contributed by atoms with Crippen LogP contribution in [-0.4, -0.2) is 39.8 Å². The lowest BCUT2D eigenvalue weighted by Crippen LogP contribution is -2.35. The number of fused-ring (bicyclic) bond motifs is 2. The number of aromatic nitrogens is 2. The van der Waals surface area contributed by atoms with Gasteiger partial charge in [-0.1, -0.05) is 23.8 Å². The highest BCUT2D eigenvalue weighted by molar-refractivity contribution is 6.37. The standard InChI is InChI=1S/C20H21ClN4O3/c21-16-17-12(18(26)14(20(27)28)9-25(17)11-4-5-11)6-23-19(16)24-7-10-2-1-3-15(22)13(10)8-24/h1,3,6,9-11,13,15H,2,4-5,7-8,22H2,(H,27,28)/t10-,13+,15-/m0/s1. The normalized spacial score (nSPS) is 26.6. The number of allylic oxidation sites excluding steroid dienone is 1. The van der Waals surface area contributed by atoms with E-state index < -0.39 is 11.4 Å². The molecule has 1 saturated carbocycles. The SMILES string of the molecule is N[C@H]1C=CC[C@H]2CN(c3ncc4c(=O)c(C(=O)O)cn(C5CC5)c4c3Cl)C[C@H]21. The number of carboxylic acids is 1. The van der Waals surface area contributed by atoms with Crippen molar-refractivity contribution in [1.29, 1.82) is 0 Å². The summed E-state index contributed by atoms with van der Waals surface area (Å²) in [6.45, 7) is 1.59. The van der Waals surface area contributed by atoms with Gasteiger partial charge in [-0.25, -0.2) is 9.78 Å². The van der Waals surface area contributed by atoms with Crippen molar-refractivity contribution in [3.63, 3.8) is 0 Å². The van der Waals surface area contributed by atoms with Crippen LogP contribution >= 0.6 is 11.6 Å². The largest absolute Gasteiger partial charge is 0.477 e. The zero-order valence-electron chi connectivity index (χ0n) is 15.2. The summed E-state index contributed by atoms with van der Waals surface area (Å²) in [7, 11) is 0. The second-order valence-corrected chi connectivity index (χ2v) is 8.42. The fourth-order valence-electron chi connectivity index (χ4n) is 4.62. The molecule has 7 nitrogen and oxygen atoms in total. The Morgan fingerprint density at radius 1 is 1.32 bits per heavy atom. The molecule has 3 atom stereocenters. The summed E-state index contributed by atoms with van der Waals surface area (Å²) in [4.78, 5) is 30.8. The minimum Gasteiger partial charge on any atom is -0.477 e. The summed E-state index contributed by atoms with van der Waals surface area (Å²) in [5, 5.41) is 10.1. The van der Waals surface area contributed by atoms with Gasteiger partial charge in [0.05, 0.1) is 10.9 Å². The van der Waals surface area contributed by atoms with Crippen LogP contribution in [0.5, 0.6) is 0 Å². The maximum absolute atomic E-state index is 12.7. The summed E-state index contributed by atoms with van der Waals surface area (Å²) in [5.41, 5.74) is 6.06. The van der Waals surface area contributed by atoms with Gasteiger partial charge in [-0.3, -0.25) is 4.79 Å². The number of hydrogen-bond acceptors (Lipinski definition) is 5. The van der Waals surface area contributed by atoms with Gasteiger partial charge < -0.3 is 20.3 Å². The van der Waals surface area contributed by atoms with Crippen molar-refractivity contribution in [1.82, 2.24) is 9.55 Å². The Morgan fingerprint density at radius 3 is 2.79 bits per heavy atom. The highest BCUT2D eigenvalue weighted by Gasteiger charge is 2.38. The van der Waals surface area contributed by atoms with Crippen LogP contribution in [-0.2, 0) is 0 Å². The minimum absolute atomic E-state index is 0.0331. The van der Waals surface area contributed by atoms with Crippen molar-refractivity contribution < 1.29 is 9.90 Å². The Hall–Kier alpha value is -2.38. The molecule has 0 aromatic carbocycles. The molecule has 5 rings (SSSR count). The van der Waals surface area contributed by atoms with E-state index >= 15 is 0 Å². The van der Waals surface area contributed by atoms with Crippen molar-refractivity contribution in [2.45, 2.75) is 31.3 Å². The molecular weight excluding hydrogens is 380 g/mol. The fourth-order valence-corrected chi connectivity index (χ4v) is 4.98. The third-order valence-corrected chi connectivity index (χ3v) is 6.59. The number of carbonyl (C=O) groups is 1. The first-order valence-electron chi connectivity index (χ1n) is 9.59. The van der Waals surface area contributed by atoms with E-state index in [1.807, 2.05) is 4.57 Å². The molecule has 146 valence electrons. The number of rotatable bonds is 3. The molecule has 3 heterocycles. The van der Waals surface area contributed by atoms with Crippen LogP contribution in [0.4, 0.5) is 5.82 Å². The molecule has 1 saturated heterocycles. The number of nitrogens with zero attached hydrogens (tertiary/aromatic N) is 3. The van der Waals surface area contributed by atoms with Gasteiger partial charge in [0.1, 0.15) is 16.4 Å². The van der Waals surface area contributed by atoms with Crippen molar-refractivity contribution in [3.8, 4) is 0 Å². The Labute approximate surface area is 166 Å². The number of halogens is 1. The average Bonchev–Trinajstić information content (AvgIpc) is 3.41. The molecule has 0 unspecified atom stereocenters. The van der Waals surface area contributed by atoms with Crippen LogP contribution in [0.3, 0.4) is 0 Å². The molecule has 1 aliphatic heterocycles. The molecule has 28 heavy (non-hydrogen) atoms. The summed E-state index contributed by atoms with van der Waals surface area (Å²) in [5.74, 6) is 0.242. The fraction of sp³-hybridized carbons (Fsp3) is 0.450. The molecule has 0 spiro atoms. The second kappa shape index (κ2) is 6.32. The maximum Gasteiger partial charge on any atom is 0.341 e. The van der Waals surface area contributed by atoms with Crippen molar-refractivity contribution in [2.24, 2.45) is 17.6 Å². The van der Waals surface area contributed by atoms with Gasteiger partial charge >= 0.3 is 5.97 Å². The zero-order chi connectivity index (χ0) is 19.6. The monoisotopic (exact) mass is 400 g/mol. The van der Waals surface area contributed by atoms with E-state index in [9.17, 15) is 14.7 Å². The topological polar surface area (TPSA) is 101 Å². The van der Waals surface area contributed by atoms with Gasteiger partial charge in [0.2, 0.25) is 5.43 Å². The molecule has 3 aliphatic rings. The number of carboxylic acid groups (broad SMARTS) is 1. The predicted octanol–water partition coefficient (Wildman–Crippen LogP) is 2.42. The van der Waals surface area contributed by atoms with Gasteiger partial charge in [0.15, 0.2) is 0 Å². The molecule has 2 aromatic heterocycles. The van der Waals surface area contributed by atoms with E-state index in [2.05, 4.69) is 22.0 Å². The molecular formula is C20H21ClN4O3. The van der Waals surface area contributed by atoms with E-state index in [1.165, 1.54) is 12.4 Å². The lowest BCUT2D eigenvalue weighted by molar-refractivity contribution is 0.0695. The zero-order valence-corrected chi connectivity index (χ0v) is 16.0. The molecule has 8 heteroatoms. The van der Waals surface area contributed by atoms with E-state index in [4.69, 9.17) is 17.3 Å². The first-order chi connectivity index (χ1) is 13.5. The molecule has 3 N–H and O–H groups in total. The second-order valence-electron chi connectivity index (χ2n) is 8.04. The highest BCUT2D eigenvalue weighted by atomic mass is 35.5. The van der Waals surface area contributed by atoms with Crippen molar-refractivity contribution in [3.05, 3.63) is 45.4 Å². The van der Waals surface area contributed by atoms with Gasteiger partial charge in [-0.2, -0.15) is 0 Å². The molecule has 2 aromatic rings. The van der Waals surface area contributed by atoms with Gasteiger partial charge in [-0.15, -0.1) is 0 Å². The number of aromatic carboxylic acids is 1. The minimum atomic E-state index is -1.23. The maximum atomic E-state index is 12.7. The quantitative estimate of drug-likeness (QED) is 0.767. The number of nitrogens with two attached hydrogens (primary N) is 1. The summed E-state index contributed by atoms with van der Waals surface area (Å²) in [6, 6.07) is 0.207. The Kier molecular flexibility index (Phi) is 4.00. The Balaban J connectivity index is 1.64. The Bertz CT molecular complexity index is 1080. The average molecular weight is 401 g/mol. The summed E-state index contributed by atoms with van der Waals surface area (Å²) in [6.07, 6.45) is 10.0. The molecule has 0 bridgehead atoms. The summed E-state index contributed by atoms with van der Waals surface area (Å²) < 4.78 is 1.85. The van der Waals surface area contributed by atoms with Gasteiger partial charge in [0.25, 0.3) is 0 Å². The van der Waals surface area contributed by atoms with Gasteiger partial charge in [0, 0.05) is 37.6 Å². The van der Waals surface area contributed by atoms with Crippen LogP contribution < -0.4 is 16.1 Å². The van der Waals surface area contributed by atoms with Crippen LogP contribution in [0.25, 0.3) is 10.9 Å². The number of hydrogen-bond donors (Lipinski definition) is 2. The van der Waals surface area contributed by atoms with Crippen molar-refractivity contribution in [2.75, 3.05) is 18.0 Å². The van der Waals surface area contributed by atoms with Crippen LogP contribution in [0, 0.1) is 11.8 Å². The van der Waals surface area contributed by atoms with Crippen LogP contribution in [0.15, 0.2) is 29.3 Å². The Morgan fingerprint density at radius 2 is 2.11 bits per heavy atom. The summed E-state index contributed by atoms with van der Waals surface area (Å²) >= 11 is 6.78. The first kappa shape index (κ1) is 17.7. The highest BCUT2D eigenvalue weighted by Crippen LogP contribution is 2.42. The lowest BCUT2D eigenvalue weighted by Gasteiger charge is -2.25. The first-order valence-corrected chi connectivity index (χ1v) is 9.97. The van der Waals surface area contributed by atoms with Crippen LogP contribution in [0.2, 0.25) is 5.02 Å². The molecule has 2 fully saturated rings. The molecule has 2 aliphatic carbocycles. The van der Waals surface area contributed by atoms with E-state index in [0.717, 1.165) is 32.4 Å². The smallest absolute Gasteiger partial charge is 0.341 e. The molecule has 0 amide bonds. The number of anilines is 1. The molecule has 0 radical (unpaired) electrons. The van der Waals surface area contributed by atoms with E-state index in [-0.39, 0.29) is 23.0 Å². The van der Waals surface area contributed by atoms with E-state index in [0.29, 0.717) is 28.2 Å². The lowest BCUT2D eigenvalue weighted by atomic mass is 9.83. The van der Waals surface area contributed by atoms with Gasteiger partial charge in [-0.05, 0) is 31.1 Å². The van der Waals surface area contributed by atoms with Crippen molar-refractivity contribution >= 4 is 34.3 Å². The number of pyridine rings is 2. The van der Waals surface area contributed by atoms with E-state index in [1.54, 1.807) is 0 Å².